The minimum Gasteiger partial charge on any atom is -0.494 e. The number of hydrogen-bond acceptors (Lipinski definition) is 4. The maximum atomic E-state index is 13.3. The molecule has 1 N–H and O–H groups in total. The van der Waals surface area contributed by atoms with Crippen molar-refractivity contribution in [3.05, 3.63) is 59.9 Å². The predicted octanol–water partition coefficient (Wildman–Crippen LogP) is 2.91. The lowest BCUT2D eigenvalue weighted by atomic mass is 10.1. The Bertz CT molecular complexity index is 810. The molecule has 0 saturated carbocycles. The van der Waals surface area contributed by atoms with Gasteiger partial charge >= 0.3 is 6.09 Å². The molecule has 1 unspecified atom stereocenters. The molecule has 1 saturated heterocycles. The first kappa shape index (κ1) is 18.7. The molecule has 0 aromatic heterocycles. The normalized spacial score (nSPS) is 16.1. The number of nitrogens with zero attached hydrogens (tertiary/aromatic N) is 1. The minimum atomic E-state index is -0.550. The fourth-order valence-electron chi connectivity index (χ4n) is 2.83. The lowest BCUT2D eigenvalue weighted by Gasteiger charge is -2.13. The molecule has 1 heterocycles. The average molecular weight is 372 g/mol. The number of anilines is 1. The van der Waals surface area contributed by atoms with Gasteiger partial charge in [0.05, 0.1) is 31.8 Å². The number of benzene rings is 2. The van der Waals surface area contributed by atoms with Gasteiger partial charge in [0, 0.05) is 0 Å². The molecule has 1 atom stereocenters. The molecule has 0 bridgehead atoms. The van der Waals surface area contributed by atoms with Gasteiger partial charge in [-0.25, -0.2) is 9.18 Å². The first-order valence-electron chi connectivity index (χ1n) is 8.77. The summed E-state index contributed by atoms with van der Waals surface area (Å²) in [6.07, 6.45) is -0.808. The van der Waals surface area contributed by atoms with E-state index in [0.29, 0.717) is 12.3 Å². The number of halogens is 1. The van der Waals surface area contributed by atoms with Crippen LogP contribution in [0, 0.1) is 5.82 Å². The molecule has 142 valence electrons. The summed E-state index contributed by atoms with van der Waals surface area (Å²) in [6, 6.07) is 13.1. The summed E-state index contributed by atoms with van der Waals surface area (Å²) in [4.78, 5) is 25.4. The highest BCUT2D eigenvalue weighted by Gasteiger charge is 2.32. The zero-order chi connectivity index (χ0) is 19.2. The summed E-state index contributed by atoms with van der Waals surface area (Å²) in [5, 5.41) is 2.77. The zero-order valence-electron chi connectivity index (χ0n) is 15.0. The van der Waals surface area contributed by atoms with Gasteiger partial charge in [0.2, 0.25) is 5.91 Å². The van der Waals surface area contributed by atoms with Crippen LogP contribution in [0.5, 0.6) is 5.75 Å². The molecular weight excluding hydrogens is 351 g/mol. The standard InChI is InChI=1S/C20H21FN2O4/c1-2-26-17-8-6-14(7-9-17)10-19(24)22-12-18-13-23(20(25)27-18)16-5-3-4-15(21)11-16/h3-9,11,18H,2,10,12-13H2,1H3,(H,22,24). The molecule has 3 rings (SSSR count). The first-order valence-corrected chi connectivity index (χ1v) is 8.77. The summed E-state index contributed by atoms with van der Waals surface area (Å²) in [5.41, 5.74) is 1.30. The summed E-state index contributed by atoms with van der Waals surface area (Å²) in [5.74, 6) is 0.170. The van der Waals surface area contributed by atoms with E-state index in [2.05, 4.69) is 5.32 Å². The molecule has 0 spiro atoms. The van der Waals surface area contributed by atoms with Crippen LogP contribution in [0.2, 0.25) is 0 Å². The summed E-state index contributed by atoms with van der Waals surface area (Å²) < 4.78 is 23.9. The smallest absolute Gasteiger partial charge is 0.414 e. The van der Waals surface area contributed by atoms with Crippen LogP contribution in [0.4, 0.5) is 14.9 Å². The van der Waals surface area contributed by atoms with Crippen LogP contribution in [0.1, 0.15) is 12.5 Å². The van der Waals surface area contributed by atoms with Crippen LogP contribution in [0.15, 0.2) is 48.5 Å². The Morgan fingerprint density at radius 1 is 1.30 bits per heavy atom. The van der Waals surface area contributed by atoms with Gasteiger partial charge in [-0.3, -0.25) is 9.69 Å². The van der Waals surface area contributed by atoms with Crippen molar-refractivity contribution in [2.45, 2.75) is 19.4 Å². The second kappa shape index (κ2) is 8.53. The molecular formula is C20H21FN2O4. The van der Waals surface area contributed by atoms with E-state index >= 15 is 0 Å². The molecule has 1 aliphatic rings. The van der Waals surface area contributed by atoms with E-state index < -0.39 is 18.0 Å². The van der Waals surface area contributed by atoms with E-state index in [-0.39, 0.29) is 25.4 Å². The summed E-state index contributed by atoms with van der Waals surface area (Å²) in [7, 11) is 0. The Balaban J connectivity index is 1.48. The Morgan fingerprint density at radius 3 is 2.78 bits per heavy atom. The number of carbonyl (C=O) groups is 2. The molecule has 1 fully saturated rings. The second-order valence-electron chi connectivity index (χ2n) is 6.15. The van der Waals surface area contributed by atoms with Gasteiger partial charge in [0.15, 0.2) is 0 Å². The highest BCUT2D eigenvalue weighted by Crippen LogP contribution is 2.22. The minimum absolute atomic E-state index is 0.167. The Morgan fingerprint density at radius 2 is 2.07 bits per heavy atom. The van der Waals surface area contributed by atoms with Crippen LogP contribution in [-0.2, 0) is 16.0 Å². The molecule has 0 aliphatic carbocycles. The second-order valence-corrected chi connectivity index (χ2v) is 6.15. The van der Waals surface area contributed by atoms with Gasteiger partial charge in [-0.15, -0.1) is 0 Å². The fourth-order valence-corrected chi connectivity index (χ4v) is 2.83. The first-order chi connectivity index (χ1) is 13.0. The average Bonchev–Trinajstić information content (AvgIpc) is 3.03. The van der Waals surface area contributed by atoms with Crippen LogP contribution < -0.4 is 15.0 Å². The number of rotatable bonds is 7. The monoisotopic (exact) mass is 372 g/mol. The molecule has 2 aromatic rings. The van der Waals surface area contributed by atoms with E-state index in [0.717, 1.165) is 11.3 Å². The molecule has 2 aromatic carbocycles. The molecule has 7 heteroatoms. The SMILES string of the molecule is CCOc1ccc(CC(=O)NCC2CN(c3cccc(F)c3)C(=O)O2)cc1. The molecule has 0 radical (unpaired) electrons. The predicted molar refractivity (Wildman–Crippen MR) is 98.3 cm³/mol. The van der Waals surface area contributed by atoms with Crippen molar-refractivity contribution in [2.75, 3.05) is 24.6 Å². The van der Waals surface area contributed by atoms with Gasteiger partial charge in [-0.1, -0.05) is 18.2 Å². The van der Waals surface area contributed by atoms with Gasteiger partial charge in [0.25, 0.3) is 0 Å². The van der Waals surface area contributed by atoms with Crippen molar-refractivity contribution in [3.8, 4) is 5.75 Å². The van der Waals surface area contributed by atoms with Gasteiger partial charge in [-0.05, 0) is 42.8 Å². The third-order valence-corrected chi connectivity index (χ3v) is 4.12. The van der Waals surface area contributed by atoms with E-state index in [1.54, 1.807) is 6.07 Å². The zero-order valence-corrected chi connectivity index (χ0v) is 15.0. The van der Waals surface area contributed by atoms with Crippen molar-refractivity contribution >= 4 is 17.7 Å². The van der Waals surface area contributed by atoms with Crippen molar-refractivity contribution in [2.24, 2.45) is 0 Å². The number of cyclic esters (lactones) is 1. The van der Waals surface area contributed by atoms with Crippen molar-refractivity contribution < 1.29 is 23.5 Å². The highest BCUT2D eigenvalue weighted by molar-refractivity contribution is 5.89. The third-order valence-electron chi connectivity index (χ3n) is 4.12. The summed E-state index contributed by atoms with van der Waals surface area (Å²) in [6.45, 7) is 2.96. The van der Waals surface area contributed by atoms with Crippen molar-refractivity contribution in [1.82, 2.24) is 5.32 Å². The Kier molecular flexibility index (Phi) is 5.90. The largest absolute Gasteiger partial charge is 0.494 e. The van der Waals surface area contributed by atoms with Crippen LogP contribution in [-0.4, -0.2) is 37.8 Å². The maximum absolute atomic E-state index is 13.3. The van der Waals surface area contributed by atoms with E-state index in [1.165, 1.54) is 23.1 Å². The fraction of sp³-hybridized carbons (Fsp3) is 0.300. The van der Waals surface area contributed by atoms with Crippen LogP contribution in [0.3, 0.4) is 0 Å². The summed E-state index contributed by atoms with van der Waals surface area (Å²) >= 11 is 0. The topological polar surface area (TPSA) is 67.9 Å². The lowest BCUT2D eigenvalue weighted by molar-refractivity contribution is -0.120. The Labute approximate surface area is 156 Å². The lowest BCUT2D eigenvalue weighted by Crippen LogP contribution is -2.35. The van der Waals surface area contributed by atoms with E-state index in [1.807, 2.05) is 31.2 Å². The number of ether oxygens (including phenoxy) is 2. The van der Waals surface area contributed by atoms with Crippen molar-refractivity contribution in [1.29, 1.82) is 0 Å². The third kappa shape index (κ3) is 4.97. The van der Waals surface area contributed by atoms with Gasteiger partial charge in [0.1, 0.15) is 17.7 Å². The molecule has 6 nitrogen and oxygen atoms in total. The Hall–Kier alpha value is -3.09. The quantitative estimate of drug-likeness (QED) is 0.812. The molecule has 1 aliphatic heterocycles. The maximum Gasteiger partial charge on any atom is 0.414 e. The van der Waals surface area contributed by atoms with Crippen LogP contribution >= 0.6 is 0 Å². The van der Waals surface area contributed by atoms with E-state index in [4.69, 9.17) is 9.47 Å². The van der Waals surface area contributed by atoms with Crippen molar-refractivity contribution in [3.63, 3.8) is 0 Å². The number of hydrogen-bond donors (Lipinski definition) is 1. The number of carbonyl (C=O) groups excluding carboxylic acids is 2. The number of nitrogens with one attached hydrogen (secondary N) is 1. The molecule has 27 heavy (non-hydrogen) atoms. The van der Waals surface area contributed by atoms with Crippen LogP contribution in [0.25, 0.3) is 0 Å². The van der Waals surface area contributed by atoms with E-state index in [9.17, 15) is 14.0 Å². The van der Waals surface area contributed by atoms with Gasteiger partial charge in [-0.2, -0.15) is 0 Å². The highest BCUT2D eigenvalue weighted by atomic mass is 19.1. The number of amides is 2. The van der Waals surface area contributed by atoms with Gasteiger partial charge < -0.3 is 14.8 Å². The molecule has 2 amide bonds.